The van der Waals surface area contributed by atoms with Gasteiger partial charge in [-0.25, -0.2) is 0 Å². The van der Waals surface area contributed by atoms with E-state index in [-0.39, 0.29) is 11.0 Å². The Hall–Kier alpha value is -2.83. The fourth-order valence-corrected chi connectivity index (χ4v) is 4.31. The van der Waals surface area contributed by atoms with Gasteiger partial charge in [0.15, 0.2) is 0 Å². The summed E-state index contributed by atoms with van der Waals surface area (Å²) < 4.78 is 39.2. The molecule has 144 valence electrons. The van der Waals surface area contributed by atoms with Crippen LogP contribution in [-0.4, -0.2) is 19.1 Å². The van der Waals surface area contributed by atoms with Crippen LogP contribution in [0.5, 0.6) is 5.75 Å². The minimum atomic E-state index is -4.28. The van der Waals surface area contributed by atoms with Crippen LogP contribution in [0.3, 0.4) is 0 Å². The van der Waals surface area contributed by atoms with Gasteiger partial charge in [-0.15, -0.1) is 0 Å². The molecule has 3 aromatic carbocycles. The molecule has 0 amide bonds. The van der Waals surface area contributed by atoms with Crippen molar-refractivity contribution in [2.45, 2.75) is 30.8 Å². The maximum Gasteiger partial charge on any atom is 0.294 e. The van der Waals surface area contributed by atoms with Crippen molar-refractivity contribution in [3.8, 4) is 5.75 Å². The molecule has 1 unspecified atom stereocenters. The van der Waals surface area contributed by atoms with Crippen molar-refractivity contribution < 1.29 is 17.7 Å². The van der Waals surface area contributed by atoms with Gasteiger partial charge in [0.1, 0.15) is 11.9 Å². The number of aryl methyl sites for hydroxylation is 1. The molecule has 3 aromatic rings. The molecule has 1 aliphatic heterocycles. The van der Waals surface area contributed by atoms with Gasteiger partial charge in [0, 0.05) is 18.5 Å². The van der Waals surface area contributed by atoms with E-state index < -0.39 is 10.1 Å². The van der Waals surface area contributed by atoms with Crippen LogP contribution in [0.25, 0.3) is 0 Å². The number of anilines is 2. The summed E-state index contributed by atoms with van der Waals surface area (Å²) in [5, 5.41) is 3.37. The number of hydrogen-bond acceptors (Lipinski definition) is 4. The first kappa shape index (κ1) is 18.5. The lowest BCUT2D eigenvalue weighted by Crippen LogP contribution is -2.18. The summed E-state index contributed by atoms with van der Waals surface area (Å²) in [5.74, 6) is 0.789. The smallest absolute Gasteiger partial charge is 0.294 e. The molecule has 0 radical (unpaired) electrons. The molecule has 1 heterocycles. The number of rotatable bonds is 5. The summed E-state index contributed by atoms with van der Waals surface area (Å²) in [6, 6.07) is 20.7. The number of ether oxygens (including phenoxy) is 1. The highest BCUT2D eigenvalue weighted by molar-refractivity contribution is 7.85. The third-order valence-electron chi connectivity index (χ3n) is 4.82. The molecule has 2 N–H and O–H groups in total. The summed E-state index contributed by atoms with van der Waals surface area (Å²) in [6.45, 7) is 1.89. The van der Waals surface area contributed by atoms with Gasteiger partial charge in [0.05, 0.1) is 10.6 Å². The second kappa shape index (κ2) is 7.30. The Balaban J connectivity index is 1.58. The largest absolute Gasteiger partial charge is 0.487 e. The van der Waals surface area contributed by atoms with Crippen LogP contribution in [0, 0.1) is 6.92 Å². The van der Waals surface area contributed by atoms with Gasteiger partial charge in [0.25, 0.3) is 10.1 Å². The highest BCUT2D eigenvalue weighted by atomic mass is 32.2. The topological polar surface area (TPSA) is 75.6 Å². The van der Waals surface area contributed by atoms with E-state index in [2.05, 4.69) is 5.32 Å². The van der Waals surface area contributed by atoms with Crippen LogP contribution >= 0.6 is 0 Å². The molecule has 4 rings (SSSR count). The second-order valence-corrected chi connectivity index (χ2v) is 8.41. The van der Waals surface area contributed by atoms with Crippen molar-refractivity contribution in [3.05, 3.63) is 83.4 Å². The monoisotopic (exact) mass is 395 g/mol. The fraction of sp³-hybridized carbons (Fsp3) is 0.182. The normalized spacial score (nSPS) is 15.7. The number of para-hydroxylation sites is 2. The van der Waals surface area contributed by atoms with Crippen LogP contribution < -0.4 is 10.1 Å². The van der Waals surface area contributed by atoms with E-state index >= 15 is 0 Å². The van der Waals surface area contributed by atoms with Crippen LogP contribution in [-0.2, 0) is 23.0 Å². The summed E-state index contributed by atoms with van der Waals surface area (Å²) in [6.07, 6.45) is 0.880. The summed E-state index contributed by atoms with van der Waals surface area (Å²) in [7, 11) is -4.28. The van der Waals surface area contributed by atoms with Crippen molar-refractivity contribution in [3.63, 3.8) is 0 Å². The zero-order valence-corrected chi connectivity index (χ0v) is 16.2. The van der Waals surface area contributed by atoms with Gasteiger partial charge in [-0.05, 0) is 42.3 Å². The fourth-order valence-electron chi connectivity index (χ4n) is 3.59. The molecule has 1 atom stereocenters. The minimum Gasteiger partial charge on any atom is -0.487 e. The van der Waals surface area contributed by atoms with Gasteiger partial charge in [0.2, 0.25) is 0 Å². The van der Waals surface area contributed by atoms with E-state index in [0.29, 0.717) is 18.4 Å². The first-order valence-electron chi connectivity index (χ1n) is 9.08. The molecular weight excluding hydrogens is 374 g/mol. The number of fused-ring (bicyclic) bond motifs is 1. The first-order valence-corrected chi connectivity index (χ1v) is 10.5. The van der Waals surface area contributed by atoms with Crippen molar-refractivity contribution in [2.24, 2.45) is 0 Å². The van der Waals surface area contributed by atoms with Crippen LogP contribution in [0.4, 0.5) is 11.4 Å². The summed E-state index contributed by atoms with van der Waals surface area (Å²) in [5.41, 5.74) is 4.43. The molecule has 6 heteroatoms. The minimum absolute atomic E-state index is 0.0553. The van der Waals surface area contributed by atoms with Gasteiger partial charge >= 0.3 is 0 Å². The SMILES string of the molecule is Cc1ccc(S(=O)(=O)O)c(CC2Cc3cccc(Nc4ccccc4)c3O2)c1. The Morgan fingerprint density at radius 3 is 2.61 bits per heavy atom. The van der Waals surface area contributed by atoms with Crippen molar-refractivity contribution in [2.75, 3.05) is 5.32 Å². The van der Waals surface area contributed by atoms with E-state index in [1.54, 1.807) is 12.1 Å². The lowest BCUT2D eigenvalue weighted by molar-refractivity contribution is 0.233. The Kier molecular flexibility index (Phi) is 4.83. The van der Waals surface area contributed by atoms with Crippen molar-refractivity contribution >= 4 is 21.5 Å². The van der Waals surface area contributed by atoms with E-state index in [0.717, 1.165) is 28.3 Å². The molecule has 0 bridgehead atoms. The average Bonchev–Trinajstić information content (AvgIpc) is 3.05. The standard InChI is InChI=1S/C22H21NO4S/c1-15-10-11-21(28(24,25)26)17(12-15)14-19-13-16-6-5-9-20(22(16)27-19)23-18-7-3-2-4-8-18/h2-12,19,23H,13-14H2,1H3,(H,24,25,26). The number of nitrogens with one attached hydrogen (secondary N) is 1. The number of hydrogen-bond donors (Lipinski definition) is 2. The molecule has 0 fully saturated rings. The molecule has 0 spiro atoms. The van der Waals surface area contributed by atoms with Gasteiger partial charge in [-0.2, -0.15) is 8.42 Å². The van der Waals surface area contributed by atoms with Crippen LogP contribution in [0.15, 0.2) is 71.6 Å². The third kappa shape index (κ3) is 3.88. The van der Waals surface area contributed by atoms with E-state index in [4.69, 9.17) is 4.74 Å². The third-order valence-corrected chi connectivity index (χ3v) is 5.78. The first-order chi connectivity index (χ1) is 13.4. The zero-order valence-electron chi connectivity index (χ0n) is 15.4. The summed E-state index contributed by atoms with van der Waals surface area (Å²) in [4.78, 5) is -0.0553. The predicted octanol–water partition coefficient (Wildman–Crippen LogP) is 4.53. The second-order valence-electron chi connectivity index (χ2n) is 7.02. The molecule has 0 aromatic heterocycles. The van der Waals surface area contributed by atoms with Crippen molar-refractivity contribution in [1.82, 2.24) is 0 Å². The molecule has 0 aliphatic carbocycles. The maximum absolute atomic E-state index is 11.7. The Morgan fingerprint density at radius 2 is 1.86 bits per heavy atom. The van der Waals surface area contributed by atoms with Gasteiger partial charge in [-0.1, -0.05) is 48.0 Å². The Bertz CT molecular complexity index is 1110. The highest BCUT2D eigenvalue weighted by Crippen LogP contribution is 2.38. The molecule has 1 aliphatic rings. The molecule has 0 saturated heterocycles. The van der Waals surface area contributed by atoms with E-state index in [9.17, 15) is 13.0 Å². The highest BCUT2D eigenvalue weighted by Gasteiger charge is 2.27. The number of benzene rings is 3. The quantitative estimate of drug-likeness (QED) is 0.621. The maximum atomic E-state index is 11.7. The zero-order chi connectivity index (χ0) is 19.7. The molecule has 5 nitrogen and oxygen atoms in total. The molecule has 28 heavy (non-hydrogen) atoms. The Labute approximate surface area is 164 Å². The van der Waals surface area contributed by atoms with Crippen molar-refractivity contribution in [1.29, 1.82) is 0 Å². The molecule has 0 saturated carbocycles. The predicted molar refractivity (Wildman–Crippen MR) is 109 cm³/mol. The Morgan fingerprint density at radius 1 is 1.07 bits per heavy atom. The lowest BCUT2D eigenvalue weighted by atomic mass is 10.0. The lowest BCUT2D eigenvalue weighted by Gasteiger charge is -2.15. The van der Waals surface area contributed by atoms with Crippen LogP contribution in [0.1, 0.15) is 16.7 Å². The van der Waals surface area contributed by atoms with Gasteiger partial charge in [-0.3, -0.25) is 4.55 Å². The van der Waals surface area contributed by atoms with E-state index in [1.165, 1.54) is 6.07 Å². The summed E-state index contributed by atoms with van der Waals surface area (Å²) >= 11 is 0. The van der Waals surface area contributed by atoms with Gasteiger partial charge < -0.3 is 10.1 Å². The van der Waals surface area contributed by atoms with Crippen LogP contribution in [0.2, 0.25) is 0 Å². The van der Waals surface area contributed by atoms with E-state index in [1.807, 2.05) is 55.5 Å². The molecular formula is C22H21NO4S. The average molecular weight is 395 g/mol.